The Morgan fingerprint density at radius 3 is 1.24 bits per heavy atom. The van der Waals surface area contributed by atoms with Gasteiger partial charge < -0.3 is 24.5 Å². The first-order valence-corrected chi connectivity index (χ1v) is 14.7. The summed E-state index contributed by atoms with van der Waals surface area (Å²) in [7, 11) is 4.63. The predicted molar refractivity (Wildman–Crippen MR) is 145 cm³/mol. The molecule has 3 aliphatic heterocycles. The summed E-state index contributed by atoms with van der Waals surface area (Å²) in [4.78, 5) is 13.4. The molecule has 0 amide bonds. The normalized spacial score (nSPS) is 25.9. The summed E-state index contributed by atoms with van der Waals surface area (Å²) in [6, 6.07) is 0. The van der Waals surface area contributed by atoms with E-state index in [1.165, 1.54) is 162 Å². The first kappa shape index (κ1) is 29.0. The molecule has 3 heterocycles. The number of fused-ring (bicyclic) bond motifs is 14. The molecule has 0 spiro atoms. The van der Waals surface area contributed by atoms with Crippen molar-refractivity contribution in [2.24, 2.45) is 0 Å². The molecule has 0 aromatic heterocycles. The molecule has 0 N–H and O–H groups in total. The molecule has 0 aromatic rings. The molecule has 196 valence electrons. The van der Waals surface area contributed by atoms with Gasteiger partial charge >= 0.3 is 0 Å². The second kappa shape index (κ2) is 19.0. The van der Waals surface area contributed by atoms with E-state index in [1.54, 1.807) is 0 Å². The topological polar surface area (TPSA) is 16.2 Å². The van der Waals surface area contributed by atoms with Crippen molar-refractivity contribution < 1.29 is 0 Å². The standard InChI is InChI=1S/C28H59N5/c1-4-5-6-7-8-9-10-11-12-13-16-31-17-14-19-32-25-21-29(2)22-26-33(20-15-18-31)28-24-30(3)23-27-32/h4-28H2,1-3H3. The summed E-state index contributed by atoms with van der Waals surface area (Å²) in [5.74, 6) is 0. The van der Waals surface area contributed by atoms with Crippen molar-refractivity contribution in [2.75, 3.05) is 99.2 Å². The van der Waals surface area contributed by atoms with Gasteiger partial charge in [-0.2, -0.15) is 0 Å². The van der Waals surface area contributed by atoms with Crippen LogP contribution < -0.4 is 0 Å². The van der Waals surface area contributed by atoms with E-state index < -0.39 is 0 Å². The summed E-state index contributed by atoms with van der Waals surface area (Å²) in [5.41, 5.74) is 0. The number of hydrogen-bond donors (Lipinski definition) is 0. The van der Waals surface area contributed by atoms with E-state index in [9.17, 15) is 0 Å². The molecule has 0 unspecified atom stereocenters. The third-order valence-electron chi connectivity index (χ3n) is 7.92. The minimum Gasteiger partial charge on any atom is -0.304 e. The number of nitrogens with zero attached hydrogens (tertiary/aromatic N) is 5. The lowest BCUT2D eigenvalue weighted by Gasteiger charge is -2.34. The van der Waals surface area contributed by atoms with Gasteiger partial charge in [0.25, 0.3) is 0 Å². The summed E-state index contributed by atoms with van der Waals surface area (Å²) < 4.78 is 0. The highest BCUT2D eigenvalue weighted by Crippen LogP contribution is 2.11. The highest BCUT2D eigenvalue weighted by atomic mass is 15.3. The fraction of sp³-hybridized carbons (Fsp3) is 1.00. The lowest BCUT2D eigenvalue weighted by atomic mass is 10.1. The molecule has 0 aliphatic carbocycles. The fourth-order valence-electron chi connectivity index (χ4n) is 5.34. The van der Waals surface area contributed by atoms with Gasteiger partial charge in [-0.05, 0) is 66.1 Å². The molecular weight excluding hydrogens is 406 g/mol. The van der Waals surface area contributed by atoms with Gasteiger partial charge in [-0.1, -0.05) is 64.7 Å². The zero-order valence-corrected chi connectivity index (χ0v) is 22.9. The molecule has 3 rings (SSSR count). The Balaban J connectivity index is 1.73. The molecule has 3 saturated heterocycles. The zero-order chi connectivity index (χ0) is 23.6. The van der Waals surface area contributed by atoms with Gasteiger partial charge in [0.2, 0.25) is 0 Å². The van der Waals surface area contributed by atoms with Crippen LogP contribution in [0.2, 0.25) is 0 Å². The highest BCUT2D eigenvalue weighted by Gasteiger charge is 2.15. The summed E-state index contributed by atoms with van der Waals surface area (Å²) >= 11 is 0. The average Bonchev–Trinajstić information content (AvgIpc) is 2.81. The van der Waals surface area contributed by atoms with Crippen molar-refractivity contribution in [3.8, 4) is 0 Å². The molecule has 3 aliphatic rings. The molecule has 0 radical (unpaired) electrons. The van der Waals surface area contributed by atoms with E-state index in [4.69, 9.17) is 0 Å². The average molecular weight is 466 g/mol. The van der Waals surface area contributed by atoms with Crippen LogP contribution in [0.5, 0.6) is 0 Å². The molecule has 5 heteroatoms. The summed E-state index contributed by atoms with van der Waals surface area (Å²) in [5, 5.41) is 0. The van der Waals surface area contributed by atoms with Crippen molar-refractivity contribution in [3.63, 3.8) is 0 Å². The van der Waals surface area contributed by atoms with Gasteiger partial charge in [0.15, 0.2) is 0 Å². The molecule has 0 atom stereocenters. The maximum absolute atomic E-state index is 2.80. The molecule has 0 aromatic carbocycles. The van der Waals surface area contributed by atoms with E-state index in [2.05, 4.69) is 45.5 Å². The third-order valence-corrected chi connectivity index (χ3v) is 7.92. The maximum Gasteiger partial charge on any atom is 0.0110 e. The van der Waals surface area contributed by atoms with Crippen LogP contribution in [0.3, 0.4) is 0 Å². The van der Waals surface area contributed by atoms with Crippen molar-refractivity contribution in [3.05, 3.63) is 0 Å². The number of rotatable bonds is 11. The Kier molecular flexibility index (Phi) is 16.8. The lowest BCUT2D eigenvalue weighted by Crippen LogP contribution is -2.45. The van der Waals surface area contributed by atoms with Crippen molar-refractivity contribution >= 4 is 0 Å². The second-order valence-electron chi connectivity index (χ2n) is 11.0. The predicted octanol–water partition coefficient (Wildman–Crippen LogP) is 4.48. The first-order chi connectivity index (χ1) is 16.2. The Bertz CT molecular complexity index is 402. The largest absolute Gasteiger partial charge is 0.304 e. The van der Waals surface area contributed by atoms with Gasteiger partial charge in [0.05, 0.1) is 0 Å². The number of hydrogen-bond acceptors (Lipinski definition) is 5. The van der Waals surface area contributed by atoms with E-state index in [-0.39, 0.29) is 0 Å². The van der Waals surface area contributed by atoms with Crippen molar-refractivity contribution in [2.45, 2.75) is 84.0 Å². The fourth-order valence-corrected chi connectivity index (χ4v) is 5.34. The van der Waals surface area contributed by atoms with E-state index in [0.717, 1.165) is 0 Å². The molecular formula is C28H59N5. The van der Waals surface area contributed by atoms with Crippen LogP contribution in [-0.2, 0) is 0 Å². The summed E-state index contributed by atoms with van der Waals surface area (Å²) in [6.07, 6.45) is 17.0. The molecule has 0 saturated carbocycles. The van der Waals surface area contributed by atoms with Crippen LogP contribution in [0.4, 0.5) is 0 Å². The Morgan fingerprint density at radius 1 is 0.424 bits per heavy atom. The van der Waals surface area contributed by atoms with Crippen LogP contribution >= 0.6 is 0 Å². The quantitative estimate of drug-likeness (QED) is 0.417. The smallest absolute Gasteiger partial charge is 0.0110 e. The van der Waals surface area contributed by atoms with Gasteiger partial charge in [-0.3, -0.25) is 0 Å². The van der Waals surface area contributed by atoms with Crippen molar-refractivity contribution in [1.29, 1.82) is 0 Å². The molecule has 3 fully saturated rings. The Hall–Kier alpha value is -0.200. The Morgan fingerprint density at radius 2 is 0.818 bits per heavy atom. The Labute approximate surface area is 207 Å². The minimum atomic E-state index is 1.21. The monoisotopic (exact) mass is 465 g/mol. The van der Waals surface area contributed by atoms with Gasteiger partial charge in [-0.15, -0.1) is 0 Å². The van der Waals surface area contributed by atoms with Crippen LogP contribution in [0.1, 0.15) is 84.0 Å². The van der Waals surface area contributed by atoms with Crippen molar-refractivity contribution in [1.82, 2.24) is 24.5 Å². The lowest BCUT2D eigenvalue weighted by molar-refractivity contribution is 0.137. The SMILES string of the molecule is CCCCCCCCCCCCN1CCCN2CCN(C)CCN(CCC1)CCN(C)CC2. The van der Waals surface area contributed by atoms with Crippen LogP contribution in [0.15, 0.2) is 0 Å². The van der Waals surface area contributed by atoms with Gasteiger partial charge in [0.1, 0.15) is 0 Å². The minimum absolute atomic E-state index is 1.21. The third kappa shape index (κ3) is 14.7. The maximum atomic E-state index is 2.80. The molecule has 5 nitrogen and oxygen atoms in total. The second-order valence-corrected chi connectivity index (χ2v) is 11.0. The number of likely N-dealkylation sites (N-methyl/N-ethyl adjacent to an activating group) is 2. The van der Waals surface area contributed by atoms with E-state index in [0.29, 0.717) is 0 Å². The highest BCUT2D eigenvalue weighted by molar-refractivity contribution is 4.72. The summed E-state index contributed by atoms with van der Waals surface area (Å²) in [6.45, 7) is 18.5. The first-order valence-electron chi connectivity index (χ1n) is 14.7. The zero-order valence-electron chi connectivity index (χ0n) is 22.9. The van der Waals surface area contributed by atoms with Gasteiger partial charge in [0, 0.05) is 52.4 Å². The molecule has 33 heavy (non-hydrogen) atoms. The number of unbranched alkanes of at least 4 members (excludes halogenated alkanes) is 9. The van der Waals surface area contributed by atoms with E-state index >= 15 is 0 Å². The molecule has 2 bridgehead atoms. The van der Waals surface area contributed by atoms with Crippen LogP contribution in [0, 0.1) is 0 Å². The van der Waals surface area contributed by atoms with Crippen LogP contribution in [0.25, 0.3) is 0 Å². The van der Waals surface area contributed by atoms with E-state index in [1.807, 2.05) is 0 Å². The van der Waals surface area contributed by atoms with Gasteiger partial charge in [-0.25, -0.2) is 0 Å². The van der Waals surface area contributed by atoms with Crippen LogP contribution in [-0.4, -0.2) is 124 Å².